The van der Waals surface area contributed by atoms with Gasteiger partial charge in [0.05, 0.1) is 0 Å². The van der Waals surface area contributed by atoms with E-state index in [1.807, 2.05) is 16.2 Å². The summed E-state index contributed by atoms with van der Waals surface area (Å²) in [6, 6.07) is 4.38. The van der Waals surface area contributed by atoms with Crippen LogP contribution in [0.25, 0.3) is 0 Å². The third-order valence-corrected chi connectivity index (χ3v) is 5.78. The van der Waals surface area contributed by atoms with Crippen molar-refractivity contribution in [3.05, 3.63) is 22.4 Å². The maximum absolute atomic E-state index is 11.4. The van der Waals surface area contributed by atoms with Crippen LogP contribution in [0.4, 0.5) is 0 Å². The smallest absolute Gasteiger partial charge is 0.219 e. The van der Waals surface area contributed by atoms with Crippen molar-refractivity contribution in [2.45, 2.75) is 32.7 Å². The molecule has 0 N–H and O–H groups in total. The van der Waals surface area contributed by atoms with Crippen LogP contribution < -0.4 is 0 Å². The molecule has 1 atom stereocenters. The molecule has 3 nitrogen and oxygen atoms in total. The second-order valence-corrected chi connectivity index (χ2v) is 7.24. The Labute approximate surface area is 125 Å². The highest BCUT2D eigenvalue weighted by molar-refractivity contribution is 7.09. The molecule has 3 rings (SSSR count). The number of thiophene rings is 1. The van der Waals surface area contributed by atoms with Crippen LogP contribution in [-0.2, 0) is 11.3 Å². The summed E-state index contributed by atoms with van der Waals surface area (Å²) < 4.78 is 0. The summed E-state index contributed by atoms with van der Waals surface area (Å²) in [6.07, 6.45) is 3.75. The van der Waals surface area contributed by atoms with E-state index in [0.29, 0.717) is 0 Å². The highest BCUT2D eigenvalue weighted by Crippen LogP contribution is 2.32. The normalized spacial score (nSPS) is 25.2. The number of carbonyl (C=O) groups is 1. The second-order valence-electron chi connectivity index (χ2n) is 6.21. The Morgan fingerprint density at radius 3 is 2.65 bits per heavy atom. The minimum Gasteiger partial charge on any atom is -0.343 e. The third-order valence-electron chi connectivity index (χ3n) is 4.92. The van der Waals surface area contributed by atoms with Crippen LogP contribution in [0.2, 0.25) is 0 Å². The van der Waals surface area contributed by atoms with Gasteiger partial charge in [0.25, 0.3) is 0 Å². The SMILES string of the molecule is CC(=O)N1CCC(C2CCN(Cc3cccs3)C2)CC1. The van der Waals surface area contributed by atoms with E-state index in [1.165, 1.54) is 37.2 Å². The van der Waals surface area contributed by atoms with Crippen molar-refractivity contribution in [2.75, 3.05) is 26.2 Å². The van der Waals surface area contributed by atoms with Gasteiger partial charge in [0.15, 0.2) is 0 Å². The number of hydrogen-bond acceptors (Lipinski definition) is 3. The quantitative estimate of drug-likeness (QED) is 0.855. The van der Waals surface area contributed by atoms with Crippen molar-refractivity contribution in [3.63, 3.8) is 0 Å². The number of hydrogen-bond donors (Lipinski definition) is 0. The number of amides is 1. The van der Waals surface area contributed by atoms with Crippen LogP contribution in [0.5, 0.6) is 0 Å². The lowest BCUT2D eigenvalue weighted by Gasteiger charge is -2.34. The van der Waals surface area contributed by atoms with E-state index in [-0.39, 0.29) is 5.91 Å². The van der Waals surface area contributed by atoms with Gasteiger partial charge in [-0.15, -0.1) is 11.3 Å². The Balaban J connectivity index is 1.47. The zero-order valence-electron chi connectivity index (χ0n) is 12.3. The first-order valence-corrected chi connectivity index (χ1v) is 8.60. The monoisotopic (exact) mass is 292 g/mol. The summed E-state index contributed by atoms with van der Waals surface area (Å²) in [6.45, 7) is 7.26. The van der Waals surface area contributed by atoms with Crippen LogP contribution >= 0.6 is 11.3 Å². The largest absolute Gasteiger partial charge is 0.343 e. The van der Waals surface area contributed by atoms with Gasteiger partial charge in [0.2, 0.25) is 5.91 Å². The van der Waals surface area contributed by atoms with Crippen LogP contribution in [0.1, 0.15) is 31.1 Å². The van der Waals surface area contributed by atoms with Gasteiger partial charge in [-0.2, -0.15) is 0 Å². The van der Waals surface area contributed by atoms with E-state index in [0.717, 1.165) is 31.5 Å². The third kappa shape index (κ3) is 3.23. The van der Waals surface area contributed by atoms with Crippen LogP contribution in [0.15, 0.2) is 17.5 Å². The predicted octanol–water partition coefficient (Wildman–Crippen LogP) is 2.83. The topological polar surface area (TPSA) is 23.6 Å². The minimum absolute atomic E-state index is 0.245. The fraction of sp³-hybridized carbons (Fsp3) is 0.688. The van der Waals surface area contributed by atoms with E-state index in [2.05, 4.69) is 22.4 Å². The first-order valence-electron chi connectivity index (χ1n) is 7.72. The van der Waals surface area contributed by atoms with Gasteiger partial charge in [0.1, 0.15) is 0 Å². The molecule has 0 saturated carbocycles. The number of nitrogens with zero attached hydrogens (tertiary/aromatic N) is 2. The van der Waals surface area contributed by atoms with Crippen molar-refractivity contribution in [1.29, 1.82) is 0 Å². The molecule has 110 valence electrons. The lowest BCUT2D eigenvalue weighted by Crippen LogP contribution is -2.39. The molecule has 1 unspecified atom stereocenters. The summed E-state index contributed by atoms with van der Waals surface area (Å²) in [5, 5.41) is 2.17. The van der Waals surface area contributed by atoms with Crippen LogP contribution in [0.3, 0.4) is 0 Å². The fourth-order valence-electron chi connectivity index (χ4n) is 3.70. The molecule has 0 aliphatic carbocycles. The molecule has 1 aromatic rings. The Bertz CT molecular complexity index is 437. The van der Waals surface area contributed by atoms with Gasteiger partial charge in [-0.25, -0.2) is 0 Å². The maximum Gasteiger partial charge on any atom is 0.219 e. The van der Waals surface area contributed by atoms with E-state index in [4.69, 9.17) is 0 Å². The number of likely N-dealkylation sites (tertiary alicyclic amines) is 2. The molecule has 4 heteroatoms. The average Bonchev–Trinajstić information content (AvgIpc) is 3.11. The van der Waals surface area contributed by atoms with Crippen molar-refractivity contribution >= 4 is 17.2 Å². The highest BCUT2D eigenvalue weighted by Gasteiger charge is 2.32. The zero-order valence-corrected chi connectivity index (χ0v) is 13.1. The van der Waals surface area contributed by atoms with Crippen molar-refractivity contribution in [1.82, 2.24) is 9.80 Å². The summed E-state index contributed by atoms with van der Waals surface area (Å²) in [4.78, 5) is 17.5. The molecule has 1 amide bonds. The van der Waals surface area contributed by atoms with Crippen molar-refractivity contribution in [3.8, 4) is 0 Å². The predicted molar refractivity (Wildman–Crippen MR) is 82.7 cm³/mol. The number of piperidine rings is 1. The Kier molecular flexibility index (Phi) is 4.41. The van der Waals surface area contributed by atoms with Crippen molar-refractivity contribution < 1.29 is 4.79 Å². The molecule has 2 aliphatic rings. The van der Waals surface area contributed by atoms with E-state index >= 15 is 0 Å². The van der Waals surface area contributed by atoms with Crippen LogP contribution in [0, 0.1) is 11.8 Å². The molecule has 2 aliphatic heterocycles. The summed E-state index contributed by atoms with van der Waals surface area (Å²) in [5.41, 5.74) is 0. The van der Waals surface area contributed by atoms with Gasteiger partial charge in [-0.1, -0.05) is 6.07 Å². The van der Waals surface area contributed by atoms with E-state index < -0.39 is 0 Å². The number of carbonyl (C=O) groups excluding carboxylic acids is 1. The van der Waals surface area contributed by atoms with Gasteiger partial charge in [0, 0.05) is 38.0 Å². The Morgan fingerprint density at radius 1 is 1.25 bits per heavy atom. The molecule has 3 heterocycles. The summed E-state index contributed by atoms with van der Waals surface area (Å²) >= 11 is 1.86. The number of rotatable bonds is 3. The molecule has 1 aromatic heterocycles. The summed E-state index contributed by atoms with van der Waals surface area (Å²) in [7, 11) is 0. The first-order chi connectivity index (χ1) is 9.72. The van der Waals surface area contributed by atoms with E-state index in [9.17, 15) is 4.79 Å². The highest BCUT2D eigenvalue weighted by atomic mass is 32.1. The average molecular weight is 292 g/mol. The Morgan fingerprint density at radius 2 is 2.00 bits per heavy atom. The molecule has 0 radical (unpaired) electrons. The van der Waals surface area contributed by atoms with Gasteiger partial charge >= 0.3 is 0 Å². The molecular formula is C16H24N2OS. The Hall–Kier alpha value is -0.870. The second kappa shape index (κ2) is 6.27. The van der Waals surface area contributed by atoms with Gasteiger partial charge in [-0.3, -0.25) is 9.69 Å². The molecular weight excluding hydrogens is 268 g/mol. The molecule has 20 heavy (non-hydrogen) atoms. The molecule has 2 fully saturated rings. The van der Waals surface area contributed by atoms with Crippen LogP contribution in [-0.4, -0.2) is 41.9 Å². The fourth-order valence-corrected chi connectivity index (χ4v) is 4.45. The van der Waals surface area contributed by atoms with Gasteiger partial charge < -0.3 is 4.90 Å². The molecule has 0 spiro atoms. The van der Waals surface area contributed by atoms with Gasteiger partial charge in [-0.05, 0) is 49.1 Å². The standard InChI is InChI=1S/C16H24N2OS/c1-13(19)18-8-5-14(6-9-18)15-4-7-17(11-15)12-16-3-2-10-20-16/h2-3,10,14-15H,4-9,11-12H2,1H3. The van der Waals surface area contributed by atoms with Crippen molar-refractivity contribution in [2.24, 2.45) is 11.8 Å². The van der Waals surface area contributed by atoms with E-state index in [1.54, 1.807) is 6.92 Å². The molecule has 2 saturated heterocycles. The summed E-state index contributed by atoms with van der Waals surface area (Å²) in [5.74, 6) is 1.93. The minimum atomic E-state index is 0.245. The molecule has 0 bridgehead atoms. The zero-order chi connectivity index (χ0) is 13.9. The lowest BCUT2D eigenvalue weighted by molar-refractivity contribution is -0.130. The lowest BCUT2D eigenvalue weighted by atomic mass is 9.84. The first kappa shape index (κ1) is 14.1. The molecule has 0 aromatic carbocycles. The maximum atomic E-state index is 11.4.